The minimum absolute atomic E-state index is 0.250. The third-order valence-corrected chi connectivity index (χ3v) is 2.14. The normalized spacial score (nSPS) is 9.19. The van der Waals surface area contributed by atoms with Gasteiger partial charge in [-0.05, 0) is 18.6 Å². The molecule has 0 atom stereocenters. The van der Waals surface area contributed by atoms with E-state index in [0.29, 0.717) is 0 Å². The van der Waals surface area contributed by atoms with Crippen molar-refractivity contribution in [3.05, 3.63) is 30.3 Å². The van der Waals surface area contributed by atoms with Crippen LogP contribution in [0.15, 0.2) is 30.3 Å². The molecule has 2 heteroatoms. The van der Waals surface area contributed by atoms with E-state index in [0.717, 1.165) is 18.7 Å². The lowest BCUT2D eigenvalue weighted by Crippen LogP contribution is -2.02. The molecule has 0 unspecified atom stereocenters. The molecule has 2 N–H and O–H groups in total. The molecule has 1 aromatic rings. The van der Waals surface area contributed by atoms with Crippen molar-refractivity contribution in [2.75, 3.05) is 18.5 Å². The maximum Gasteiger partial charge on any atom is 0.0447 e. The van der Waals surface area contributed by atoms with Crippen molar-refractivity contribution in [2.45, 2.75) is 39.5 Å². The highest BCUT2D eigenvalue weighted by Crippen LogP contribution is 2.03. The van der Waals surface area contributed by atoms with Crippen molar-refractivity contribution in [3.63, 3.8) is 0 Å². The summed E-state index contributed by atoms with van der Waals surface area (Å²) in [7, 11) is 0. The molecule has 0 fully saturated rings. The van der Waals surface area contributed by atoms with Gasteiger partial charge in [0.15, 0.2) is 0 Å². The molecule has 0 aromatic heterocycles. The summed E-state index contributed by atoms with van der Waals surface area (Å²) in [5.41, 5.74) is 1.11. The van der Waals surface area contributed by atoms with Crippen molar-refractivity contribution in [3.8, 4) is 0 Å². The van der Waals surface area contributed by atoms with Crippen LogP contribution in [0.25, 0.3) is 0 Å². The van der Waals surface area contributed by atoms with Gasteiger partial charge in [-0.2, -0.15) is 0 Å². The van der Waals surface area contributed by atoms with Crippen LogP contribution in [0, 0.1) is 0 Å². The summed E-state index contributed by atoms with van der Waals surface area (Å²) >= 11 is 0. The Morgan fingerprint density at radius 2 is 1.62 bits per heavy atom. The van der Waals surface area contributed by atoms with E-state index < -0.39 is 0 Å². The first kappa shape index (κ1) is 15.0. The summed E-state index contributed by atoms with van der Waals surface area (Å²) < 4.78 is 0. The fourth-order valence-corrected chi connectivity index (χ4v) is 1.22. The minimum atomic E-state index is 0.250. The van der Waals surface area contributed by atoms with Crippen LogP contribution in [-0.4, -0.2) is 18.3 Å². The van der Waals surface area contributed by atoms with Crippen LogP contribution in [0.4, 0.5) is 5.69 Å². The molecule has 0 amide bonds. The molecule has 2 nitrogen and oxygen atoms in total. The maximum atomic E-state index is 8.50. The zero-order valence-corrected chi connectivity index (χ0v) is 10.6. The number of unbranched alkanes of at least 4 members (excludes halogenated alkanes) is 2. The number of benzene rings is 1. The van der Waals surface area contributed by atoms with Gasteiger partial charge in [0.1, 0.15) is 0 Å². The highest BCUT2D eigenvalue weighted by atomic mass is 16.3. The van der Waals surface area contributed by atoms with Gasteiger partial charge < -0.3 is 10.4 Å². The predicted octanol–water partition coefficient (Wildman–Crippen LogP) is 3.68. The molecule has 0 bridgehead atoms. The zero-order chi connectivity index (χ0) is 12.1. The molecule has 0 aliphatic rings. The second-order valence-electron chi connectivity index (χ2n) is 3.72. The summed E-state index contributed by atoms with van der Waals surface area (Å²) in [6, 6.07) is 9.98. The molecular formula is C14H25NO. The summed E-state index contributed by atoms with van der Waals surface area (Å²) in [5.74, 6) is 0. The number of aliphatic hydroxyl groups is 1. The highest BCUT2D eigenvalue weighted by molar-refractivity contribution is 5.42. The van der Waals surface area contributed by atoms with Gasteiger partial charge in [-0.15, -0.1) is 0 Å². The molecule has 0 radical (unpaired) electrons. The minimum Gasteiger partial charge on any atom is -0.396 e. The van der Waals surface area contributed by atoms with Crippen LogP contribution in [0.2, 0.25) is 0 Å². The molecule has 0 aliphatic carbocycles. The van der Waals surface area contributed by atoms with Gasteiger partial charge >= 0.3 is 0 Å². The standard InChI is InChI=1S/C9H13NO.C5H12/c11-8-4-7-10-9-5-2-1-3-6-9;1-3-5-4-2/h1-3,5-6,10-11H,4,7-8H2;3-5H2,1-2H3. The lowest BCUT2D eigenvalue weighted by molar-refractivity contribution is 0.292. The van der Waals surface area contributed by atoms with Crippen molar-refractivity contribution in [1.82, 2.24) is 0 Å². The van der Waals surface area contributed by atoms with Crippen LogP contribution in [0.5, 0.6) is 0 Å². The molecule has 1 rings (SSSR count). The topological polar surface area (TPSA) is 32.3 Å². The van der Waals surface area contributed by atoms with Crippen LogP contribution in [-0.2, 0) is 0 Å². The smallest absolute Gasteiger partial charge is 0.0447 e. The van der Waals surface area contributed by atoms with Gasteiger partial charge in [0, 0.05) is 18.8 Å². The highest BCUT2D eigenvalue weighted by Gasteiger charge is 1.86. The Balaban J connectivity index is 0.000000385. The molecule has 0 spiro atoms. The Labute approximate surface area is 99.7 Å². The van der Waals surface area contributed by atoms with E-state index in [1.807, 2.05) is 30.3 Å². The van der Waals surface area contributed by atoms with E-state index in [9.17, 15) is 0 Å². The van der Waals surface area contributed by atoms with Crippen molar-refractivity contribution in [2.24, 2.45) is 0 Å². The van der Waals surface area contributed by atoms with Crippen LogP contribution in [0.3, 0.4) is 0 Å². The van der Waals surface area contributed by atoms with Crippen LogP contribution < -0.4 is 5.32 Å². The Morgan fingerprint density at radius 3 is 2.06 bits per heavy atom. The van der Waals surface area contributed by atoms with Crippen LogP contribution >= 0.6 is 0 Å². The van der Waals surface area contributed by atoms with Crippen molar-refractivity contribution >= 4 is 5.69 Å². The SMILES string of the molecule is CCCCC.OCCCNc1ccccc1. The number of nitrogens with one attached hydrogen (secondary N) is 1. The third-order valence-electron chi connectivity index (χ3n) is 2.14. The van der Waals surface area contributed by atoms with Crippen molar-refractivity contribution in [1.29, 1.82) is 0 Å². The van der Waals surface area contributed by atoms with E-state index in [2.05, 4.69) is 19.2 Å². The fraction of sp³-hybridized carbons (Fsp3) is 0.571. The zero-order valence-electron chi connectivity index (χ0n) is 10.6. The molecule has 0 saturated carbocycles. The number of para-hydroxylation sites is 1. The maximum absolute atomic E-state index is 8.50. The van der Waals surface area contributed by atoms with E-state index in [4.69, 9.17) is 5.11 Å². The number of hydrogen-bond acceptors (Lipinski definition) is 2. The molecule has 16 heavy (non-hydrogen) atoms. The molecule has 0 heterocycles. The number of aliphatic hydroxyl groups excluding tert-OH is 1. The second-order valence-corrected chi connectivity index (χ2v) is 3.72. The summed E-state index contributed by atoms with van der Waals surface area (Å²) in [6.07, 6.45) is 4.88. The number of anilines is 1. The van der Waals surface area contributed by atoms with E-state index in [1.165, 1.54) is 19.3 Å². The van der Waals surface area contributed by atoms with Crippen molar-refractivity contribution < 1.29 is 5.11 Å². The Bertz CT molecular complexity index is 221. The molecular weight excluding hydrogens is 198 g/mol. The lowest BCUT2D eigenvalue weighted by atomic mass is 10.3. The molecule has 1 aromatic carbocycles. The van der Waals surface area contributed by atoms with Gasteiger partial charge in [-0.3, -0.25) is 0 Å². The van der Waals surface area contributed by atoms with Gasteiger partial charge in [0.2, 0.25) is 0 Å². The van der Waals surface area contributed by atoms with Gasteiger partial charge in [-0.1, -0.05) is 51.3 Å². The first-order valence-electron chi connectivity index (χ1n) is 6.24. The first-order valence-corrected chi connectivity index (χ1v) is 6.24. The largest absolute Gasteiger partial charge is 0.396 e. The number of hydrogen-bond donors (Lipinski definition) is 2. The van der Waals surface area contributed by atoms with E-state index >= 15 is 0 Å². The van der Waals surface area contributed by atoms with Crippen LogP contribution in [0.1, 0.15) is 39.5 Å². The van der Waals surface area contributed by atoms with Gasteiger partial charge in [0.05, 0.1) is 0 Å². The van der Waals surface area contributed by atoms with E-state index in [1.54, 1.807) is 0 Å². The average molecular weight is 223 g/mol. The van der Waals surface area contributed by atoms with E-state index in [-0.39, 0.29) is 6.61 Å². The summed E-state index contributed by atoms with van der Waals surface area (Å²) in [6.45, 7) is 5.51. The molecule has 0 aliphatic heterocycles. The number of rotatable bonds is 6. The Morgan fingerprint density at radius 1 is 1.00 bits per heavy atom. The molecule has 92 valence electrons. The first-order chi connectivity index (χ1) is 7.85. The monoisotopic (exact) mass is 223 g/mol. The Hall–Kier alpha value is -1.02. The van der Waals surface area contributed by atoms with Gasteiger partial charge in [0.25, 0.3) is 0 Å². The third kappa shape index (κ3) is 9.53. The molecule has 0 saturated heterocycles. The van der Waals surface area contributed by atoms with Gasteiger partial charge in [-0.25, -0.2) is 0 Å². The Kier molecular flexibility index (Phi) is 11.3. The predicted molar refractivity (Wildman–Crippen MR) is 71.8 cm³/mol. The second kappa shape index (κ2) is 12.1. The fourth-order valence-electron chi connectivity index (χ4n) is 1.22. The average Bonchev–Trinajstić information content (AvgIpc) is 2.33. The summed E-state index contributed by atoms with van der Waals surface area (Å²) in [4.78, 5) is 0. The summed E-state index contributed by atoms with van der Waals surface area (Å²) in [5, 5.41) is 11.7. The lowest BCUT2D eigenvalue weighted by Gasteiger charge is -2.03. The quantitative estimate of drug-likeness (QED) is 0.721.